The molecule has 1 N–H and O–H groups in total. The fourth-order valence-corrected chi connectivity index (χ4v) is 2.89. The Bertz CT molecular complexity index is 1110. The molecule has 2 heterocycles. The summed E-state index contributed by atoms with van der Waals surface area (Å²) in [6, 6.07) is 20.9. The third kappa shape index (κ3) is 2.95. The average Bonchev–Trinajstić information content (AvgIpc) is 3.01. The molecule has 0 atom stereocenters. The number of benzene rings is 2. The van der Waals surface area contributed by atoms with Crippen molar-refractivity contribution < 1.29 is 5.11 Å². The molecule has 0 aliphatic heterocycles. The summed E-state index contributed by atoms with van der Waals surface area (Å²) in [7, 11) is 0. The topological polar surface area (TPSA) is 62.2 Å². The highest BCUT2D eigenvalue weighted by molar-refractivity contribution is 5.75. The van der Waals surface area contributed by atoms with Crippen LogP contribution in [-0.2, 0) is 0 Å². The maximum atomic E-state index is 9.63. The molecular formula is C21H18N4O. The molecule has 4 rings (SSSR count). The Kier molecular flexibility index (Phi) is 3.97. The highest BCUT2D eigenvalue weighted by atomic mass is 16.3. The highest BCUT2D eigenvalue weighted by Gasteiger charge is 2.15. The quantitative estimate of drug-likeness (QED) is 0.483. The van der Waals surface area contributed by atoms with Crippen molar-refractivity contribution in [1.82, 2.24) is 9.38 Å². The number of pyridine rings is 1. The Morgan fingerprint density at radius 3 is 2.42 bits per heavy atom. The van der Waals surface area contributed by atoms with Crippen LogP contribution in [0.3, 0.4) is 0 Å². The molecule has 0 radical (unpaired) electrons. The third-order valence-corrected chi connectivity index (χ3v) is 4.23. The van der Waals surface area contributed by atoms with Gasteiger partial charge in [0.2, 0.25) is 0 Å². The molecule has 2 aromatic carbocycles. The van der Waals surface area contributed by atoms with Crippen molar-refractivity contribution in [2.75, 3.05) is 0 Å². The number of aromatic hydroxyl groups is 1. The second-order valence-electron chi connectivity index (χ2n) is 6.23. The molecule has 0 unspecified atom stereocenters. The average molecular weight is 342 g/mol. The van der Waals surface area contributed by atoms with Crippen molar-refractivity contribution in [1.29, 1.82) is 0 Å². The summed E-state index contributed by atoms with van der Waals surface area (Å²) in [4.78, 5) is 4.76. The minimum Gasteiger partial charge on any atom is -0.508 e. The molecule has 0 saturated heterocycles. The van der Waals surface area contributed by atoms with Gasteiger partial charge in [0, 0.05) is 17.3 Å². The molecule has 0 aliphatic carbocycles. The Labute approximate surface area is 151 Å². The fourth-order valence-electron chi connectivity index (χ4n) is 2.89. The van der Waals surface area contributed by atoms with E-state index in [4.69, 9.17) is 4.98 Å². The van der Waals surface area contributed by atoms with Crippen LogP contribution in [0, 0.1) is 13.8 Å². The summed E-state index contributed by atoms with van der Waals surface area (Å²) in [5, 5.41) is 18.4. The van der Waals surface area contributed by atoms with Gasteiger partial charge in [0.15, 0.2) is 5.82 Å². The van der Waals surface area contributed by atoms with Crippen molar-refractivity contribution in [2.24, 2.45) is 10.2 Å². The monoisotopic (exact) mass is 342 g/mol. The lowest BCUT2D eigenvalue weighted by atomic mass is 10.1. The van der Waals surface area contributed by atoms with Gasteiger partial charge in [-0.15, -0.1) is 10.2 Å². The van der Waals surface area contributed by atoms with Gasteiger partial charge in [-0.1, -0.05) is 42.0 Å². The maximum absolute atomic E-state index is 9.63. The molecule has 0 aliphatic rings. The number of phenolic OH excluding ortho intramolecular Hbond substituents is 1. The summed E-state index contributed by atoms with van der Waals surface area (Å²) in [6.45, 7) is 4.07. The molecule has 0 bridgehead atoms. The van der Waals surface area contributed by atoms with E-state index in [1.165, 1.54) is 5.56 Å². The molecular weight excluding hydrogens is 324 g/mol. The number of fused-ring (bicyclic) bond motifs is 1. The maximum Gasteiger partial charge on any atom is 0.187 e. The zero-order chi connectivity index (χ0) is 18.1. The number of phenols is 1. The summed E-state index contributed by atoms with van der Waals surface area (Å²) in [6.07, 6.45) is 0. The summed E-state index contributed by atoms with van der Waals surface area (Å²) in [5.74, 6) is 0.833. The first-order valence-corrected chi connectivity index (χ1v) is 8.38. The molecule has 4 aromatic rings. The molecule has 5 nitrogen and oxygen atoms in total. The summed E-state index contributed by atoms with van der Waals surface area (Å²) in [5.41, 5.74) is 5.40. The van der Waals surface area contributed by atoms with Crippen LogP contribution in [0.2, 0.25) is 0 Å². The van der Waals surface area contributed by atoms with E-state index < -0.39 is 0 Å². The van der Waals surface area contributed by atoms with Crippen LogP contribution < -0.4 is 0 Å². The summed E-state index contributed by atoms with van der Waals surface area (Å²) < 4.78 is 1.99. The van der Waals surface area contributed by atoms with Gasteiger partial charge in [-0.05, 0) is 38.1 Å². The zero-order valence-electron chi connectivity index (χ0n) is 14.6. The molecule has 0 saturated carbocycles. The SMILES string of the molecule is Cc1ccc(-c2nc3cccc(C)n3c2N=Nc2cccc(O)c2)cc1. The normalized spacial score (nSPS) is 11.5. The number of imidazole rings is 1. The third-order valence-electron chi connectivity index (χ3n) is 4.23. The number of nitrogens with zero attached hydrogens (tertiary/aromatic N) is 4. The van der Waals surface area contributed by atoms with Gasteiger partial charge in [0.05, 0.1) is 5.69 Å². The fraction of sp³-hybridized carbons (Fsp3) is 0.0952. The van der Waals surface area contributed by atoms with E-state index in [0.717, 1.165) is 22.6 Å². The Balaban J connectivity index is 1.90. The lowest BCUT2D eigenvalue weighted by Gasteiger charge is -2.03. The van der Waals surface area contributed by atoms with Crippen molar-refractivity contribution in [3.63, 3.8) is 0 Å². The number of aryl methyl sites for hydroxylation is 2. The predicted molar refractivity (Wildman–Crippen MR) is 102 cm³/mol. The number of hydrogen-bond donors (Lipinski definition) is 1. The van der Waals surface area contributed by atoms with Crippen molar-refractivity contribution in [2.45, 2.75) is 13.8 Å². The minimum absolute atomic E-state index is 0.162. The number of azo groups is 1. The van der Waals surface area contributed by atoms with E-state index in [0.29, 0.717) is 11.5 Å². The van der Waals surface area contributed by atoms with Crippen LogP contribution in [0.5, 0.6) is 5.75 Å². The number of hydrogen-bond acceptors (Lipinski definition) is 4. The van der Waals surface area contributed by atoms with Gasteiger partial charge in [0.25, 0.3) is 0 Å². The van der Waals surface area contributed by atoms with E-state index in [1.807, 2.05) is 41.7 Å². The van der Waals surface area contributed by atoms with Crippen LogP contribution in [0.4, 0.5) is 11.5 Å². The Hall–Kier alpha value is -3.47. The molecule has 128 valence electrons. The van der Waals surface area contributed by atoms with Crippen LogP contribution >= 0.6 is 0 Å². The van der Waals surface area contributed by atoms with Crippen LogP contribution in [0.25, 0.3) is 16.9 Å². The number of rotatable bonds is 3. The first kappa shape index (κ1) is 16.0. The van der Waals surface area contributed by atoms with Crippen LogP contribution in [0.15, 0.2) is 77.0 Å². The van der Waals surface area contributed by atoms with Crippen molar-refractivity contribution in [3.05, 3.63) is 78.0 Å². The van der Waals surface area contributed by atoms with E-state index in [9.17, 15) is 5.11 Å². The Morgan fingerprint density at radius 1 is 0.885 bits per heavy atom. The Morgan fingerprint density at radius 2 is 1.65 bits per heavy atom. The summed E-state index contributed by atoms with van der Waals surface area (Å²) >= 11 is 0. The largest absolute Gasteiger partial charge is 0.508 e. The van der Waals surface area contributed by atoms with Gasteiger partial charge in [-0.2, -0.15) is 0 Å². The van der Waals surface area contributed by atoms with E-state index in [1.54, 1.807) is 24.3 Å². The van der Waals surface area contributed by atoms with E-state index in [2.05, 4.69) is 29.3 Å². The van der Waals surface area contributed by atoms with E-state index >= 15 is 0 Å². The smallest absolute Gasteiger partial charge is 0.187 e. The van der Waals surface area contributed by atoms with Crippen molar-refractivity contribution >= 4 is 17.2 Å². The van der Waals surface area contributed by atoms with Crippen LogP contribution in [0.1, 0.15) is 11.3 Å². The van der Waals surface area contributed by atoms with Gasteiger partial charge in [-0.3, -0.25) is 4.40 Å². The molecule has 5 heteroatoms. The van der Waals surface area contributed by atoms with Gasteiger partial charge in [0.1, 0.15) is 17.1 Å². The first-order valence-electron chi connectivity index (χ1n) is 8.38. The van der Waals surface area contributed by atoms with Gasteiger partial charge >= 0.3 is 0 Å². The first-order chi connectivity index (χ1) is 12.6. The second kappa shape index (κ2) is 6.44. The minimum atomic E-state index is 0.162. The number of aromatic nitrogens is 2. The van der Waals surface area contributed by atoms with Gasteiger partial charge < -0.3 is 5.11 Å². The molecule has 0 fully saturated rings. The van der Waals surface area contributed by atoms with E-state index in [-0.39, 0.29) is 5.75 Å². The molecule has 0 amide bonds. The van der Waals surface area contributed by atoms with Gasteiger partial charge in [-0.25, -0.2) is 4.98 Å². The standard InChI is InChI=1S/C21H18N4O/c1-14-9-11-16(12-10-14)20-21(24-23-17-6-4-7-18(26)13-17)25-15(2)5-3-8-19(25)22-20/h3-13,26H,1-2H3. The zero-order valence-corrected chi connectivity index (χ0v) is 14.6. The van der Waals surface area contributed by atoms with Crippen molar-refractivity contribution in [3.8, 4) is 17.0 Å². The molecule has 26 heavy (non-hydrogen) atoms. The predicted octanol–water partition coefficient (Wildman–Crippen LogP) is 5.74. The highest BCUT2D eigenvalue weighted by Crippen LogP contribution is 2.33. The second-order valence-corrected chi connectivity index (χ2v) is 6.23. The molecule has 2 aromatic heterocycles. The molecule has 0 spiro atoms. The lowest BCUT2D eigenvalue weighted by Crippen LogP contribution is -1.89. The van der Waals surface area contributed by atoms with Crippen LogP contribution in [-0.4, -0.2) is 14.5 Å². The lowest BCUT2D eigenvalue weighted by molar-refractivity contribution is 0.475.